The topological polar surface area (TPSA) is 21.3 Å². The first-order valence-electron chi connectivity index (χ1n) is 8.65. The van der Waals surface area contributed by atoms with Crippen molar-refractivity contribution in [3.63, 3.8) is 0 Å². The maximum absolute atomic E-state index is 6.43. The van der Waals surface area contributed by atoms with Crippen molar-refractivity contribution < 1.29 is 4.74 Å². The van der Waals surface area contributed by atoms with Crippen LogP contribution in [0.3, 0.4) is 0 Å². The van der Waals surface area contributed by atoms with E-state index in [4.69, 9.17) is 4.74 Å². The number of ether oxygens (including phenoxy) is 1. The Morgan fingerprint density at radius 2 is 1.86 bits per heavy atom. The Bertz CT molecular complexity index is 447. The second-order valence-electron chi connectivity index (χ2n) is 7.06. The fourth-order valence-corrected chi connectivity index (χ4v) is 3.88. The average Bonchev–Trinajstić information content (AvgIpc) is 2.89. The maximum Gasteiger partial charge on any atom is 0.0708 e. The Morgan fingerprint density at radius 1 is 1.14 bits per heavy atom. The minimum absolute atomic E-state index is 0.248. The smallest absolute Gasteiger partial charge is 0.0708 e. The zero-order chi connectivity index (χ0) is 14.7. The van der Waals surface area contributed by atoms with E-state index in [1.165, 1.54) is 56.1 Å². The van der Waals surface area contributed by atoms with E-state index in [0.717, 1.165) is 6.54 Å². The number of nitrogens with one attached hydrogen (secondary N) is 1. The Balaban J connectivity index is 1.48. The van der Waals surface area contributed by atoms with Crippen LogP contribution in [0.2, 0.25) is 0 Å². The third kappa shape index (κ3) is 3.67. The number of hydrogen-bond acceptors (Lipinski definition) is 2. The van der Waals surface area contributed by atoms with E-state index in [2.05, 4.69) is 43.4 Å². The standard InChI is InChI=1S/C19H29NO/c1-15-6-8-17(9-7-15)16(2)20-14-18-10-13-19(21-18)11-4-3-5-12-19/h6-9,16,18,20H,3-5,10-14H2,1-2H3/t16-,18?/m1/s1. The SMILES string of the molecule is Cc1ccc([C@@H](C)NCC2CCC3(CCCCC3)O2)cc1. The third-order valence-electron chi connectivity index (χ3n) is 5.33. The molecule has 116 valence electrons. The number of aryl methyl sites for hydroxylation is 1. The van der Waals surface area contributed by atoms with Gasteiger partial charge in [-0.05, 0) is 45.1 Å². The molecule has 1 spiro atoms. The van der Waals surface area contributed by atoms with Crippen molar-refractivity contribution in [2.45, 2.75) is 76.5 Å². The summed E-state index contributed by atoms with van der Waals surface area (Å²) in [6.07, 6.45) is 9.62. The summed E-state index contributed by atoms with van der Waals surface area (Å²) in [6.45, 7) is 5.37. The van der Waals surface area contributed by atoms with Crippen LogP contribution in [0.4, 0.5) is 0 Å². The van der Waals surface area contributed by atoms with Crippen LogP contribution in [0.25, 0.3) is 0 Å². The number of rotatable bonds is 4. The summed E-state index contributed by atoms with van der Waals surface area (Å²) in [5.74, 6) is 0. The van der Waals surface area contributed by atoms with Crippen molar-refractivity contribution in [2.75, 3.05) is 6.54 Å². The molecule has 2 heteroatoms. The molecule has 1 saturated carbocycles. The van der Waals surface area contributed by atoms with Crippen LogP contribution < -0.4 is 5.32 Å². The molecule has 2 atom stereocenters. The summed E-state index contributed by atoms with van der Waals surface area (Å²) in [7, 11) is 0. The van der Waals surface area contributed by atoms with Gasteiger partial charge in [-0.1, -0.05) is 49.1 Å². The first kappa shape index (κ1) is 15.1. The van der Waals surface area contributed by atoms with Crippen LogP contribution in [-0.2, 0) is 4.74 Å². The molecule has 0 radical (unpaired) electrons. The molecule has 1 aliphatic carbocycles. The van der Waals surface area contributed by atoms with Gasteiger partial charge in [0.2, 0.25) is 0 Å². The van der Waals surface area contributed by atoms with Crippen LogP contribution in [-0.4, -0.2) is 18.2 Å². The maximum atomic E-state index is 6.43. The van der Waals surface area contributed by atoms with Gasteiger partial charge in [0.15, 0.2) is 0 Å². The van der Waals surface area contributed by atoms with E-state index in [0.29, 0.717) is 12.1 Å². The second-order valence-corrected chi connectivity index (χ2v) is 7.06. The van der Waals surface area contributed by atoms with Gasteiger partial charge in [0.05, 0.1) is 11.7 Å². The summed E-state index contributed by atoms with van der Waals surface area (Å²) in [5, 5.41) is 3.66. The van der Waals surface area contributed by atoms with E-state index in [9.17, 15) is 0 Å². The first-order valence-corrected chi connectivity index (χ1v) is 8.65. The first-order chi connectivity index (χ1) is 10.2. The molecular weight excluding hydrogens is 258 g/mol. The highest BCUT2D eigenvalue weighted by atomic mass is 16.5. The van der Waals surface area contributed by atoms with Gasteiger partial charge < -0.3 is 10.1 Å². The monoisotopic (exact) mass is 287 g/mol. The molecule has 3 rings (SSSR count). The molecule has 0 amide bonds. The van der Waals surface area contributed by atoms with Crippen molar-refractivity contribution in [1.29, 1.82) is 0 Å². The number of benzene rings is 1. The molecule has 1 aliphatic heterocycles. The molecule has 0 bridgehead atoms. The lowest BCUT2D eigenvalue weighted by Crippen LogP contribution is -2.35. The summed E-state index contributed by atoms with van der Waals surface area (Å²) >= 11 is 0. The second kappa shape index (κ2) is 6.50. The molecule has 1 aromatic carbocycles. The largest absolute Gasteiger partial charge is 0.370 e. The van der Waals surface area contributed by atoms with E-state index < -0.39 is 0 Å². The van der Waals surface area contributed by atoms with Crippen LogP contribution in [0.15, 0.2) is 24.3 Å². The molecule has 1 N–H and O–H groups in total. The van der Waals surface area contributed by atoms with Gasteiger partial charge in [-0.3, -0.25) is 0 Å². The van der Waals surface area contributed by atoms with Crippen molar-refractivity contribution in [2.24, 2.45) is 0 Å². The Hall–Kier alpha value is -0.860. The Labute approximate surface area is 129 Å². The molecular formula is C19H29NO. The molecule has 1 unspecified atom stereocenters. The van der Waals surface area contributed by atoms with Gasteiger partial charge in [-0.25, -0.2) is 0 Å². The van der Waals surface area contributed by atoms with Gasteiger partial charge >= 0.3 is 0 Å². The lowest BCUT2D eigenvalue weighted by atomic mass is 9.83. The molecule has 1 aromatic rings. The van der Waals surface area contributed by atoms with Crippen LogP contribution >= 0.6 is 0 Å². The quantitative estimate of drug-likeness (QED) is 0.878. The highest BCUT2D eigenvalue weighted by Gasteiger charge is 2.40. The van der Waals surface area contributed by atoms with Crippen molar-refractivity contribution in [3.8, 4) is 0 Å². The lowest BCUT2D eigenvalue weighted by molar-refractivity contribution is -0.0628. The van der Waals surface area contributed by atoms with Gasteiger partial charge in [0.1, 0.15) is 0 Å². The van der Waals surface area contributed by atoms with Gasteiger partial charge in [-0.15, -0.1) is 0 Å². The lowest BCUT2D eigenvalue weighted by Gasteiger charge is -2.33. The minimum atomic E-state index is 0.248. The molecule has 2 fully saturated rings. The van der Waals surface area contributed by atoms with Crippen molar-refractivity contribution in [3.05, 3.63) is 35.4 Å². The van der Waals surface area contributed by atoms with Gasteiger partial charge in [0.25, 0.3) is 0 Å². The zero-order valence-corrected chi connectivity index (χ0v) is 13.5. The van der Waals surface area contributed by atoms with Gasteiger partial charge in [-0.2, -0.15) is 0 Å². The molecule has 2 aliphatic rings. The number of hydrogen-bond donors (Lipinski definition) is 1. The molecule has 1 heterocycles. The van der Waals surface area contributed by atoms with E-state index >= 15 is 0 Å². The highest BCUT2D eigenvalue weighted by molar-refractivity contribution is 5.23. The average molecular weight is 287 g/mol. The van der Waals surface area contributed by atoms with Crippen LogP contribution in [0.1, 0.15) is 69.0 Å². The highest BCUT2D eigenvalue weighted by Crippen LogP contribution is 2.41. The van der Waals surface area contributed by atoms with Gasteiger partial charge in [0, 0.05) is 12.6 Å². The fourth-order valence-electron chi connectivity index (χ4n) is 3.88. The summed E-state index contributed by atoms with van der Waals surface area (Å²) in [6, 6.07) is 9.24. The van der Waals surface area contributed by atoms with Crippen molar-refractivity contribution >= 4 is 0 Å². The van der Waals surface area contributed by atoms with Crippen LogP contribution in [0, 0.1) is 6.92 Å². The predicted molar refractivity (Wildman–Crippen MR) is 87.5 cm³/mol. The summed E-state index contributed by atoms with van der Waals surface area (Å²) in [5.41, 5.74) is 2.94. The Kier molecular flexibility index (Phi) is 4.66. The molecule has 2 nitrogen and oxygen atoms in total. The predicted octanol–water partition coefficient (Wildman–Crippen LogP) is 4.53. The van der Waals surface area contributed by atoms with E-state index in [1.54, 1.807) is 0 Å². The van der Waals surface area contributed by atoms with Crippen LogP contribution in [0.5, 0.6) is 0 Å². The third-order valence-corrected chi connectivity index (χ3v) is 5.33. The summed E-state index contributed by atoms with van der Waals surface area (Å²) < 4.78 is 6.43. The van der Waals surface area contributed by atoms with Crippen molar-refractivity contribution in [1.82, 2.24) is 5.32 Å². The molecule has 21 heavy (non-hydrogen) atoms. The van der Waals surface area contributed by atoms with E-state index in [-0.39, 0.29) is 5.60 Å². The van der Waals surface area contributed by atoms with E-state index in [1.807, 2.05) is 0 Å². The fraction of sp³-hybridized carbons (Fsp3) is 0.684. The summed E-state index contributed by atoms with van der Waals surface area (Å²) in [4.78, 5) is 0. The zero-order valence-electron chi connectivity index (χ0n) is 13.5. The normalized spacial score (nSPS) is 26.1. The minimum Gasteiger partial charge on any atom is -0.370 e. The molecule has 0 aromatic heterocycles. The molecule has 1 saturated heterocycles. The Morgan fingerprint density at radius 3 is 2.57 bits per heavy atom.